The molecule has 0 aromatic heterocycles. The van der Waals surface area contributed by atoms with Gasteiger partial charge in [-0.25, -0.2) is 0 Å². The summed E-state index contributed by atoms with van der Waals surface area (Å²) in [6, 6.07) is -0.252. The quantitative estimate of drug-likeness (QED) is 0.158. The molecular formula is C6H12N3O3S-. The van der Waals surface area contributed by atoms with E-state index in [1.54, 1.807) is 0 Å². The number of azide groups is 1. The van der Waals surface area contributed by atoms with Crippen molar-refractivity contribution in [2.24, 2.45) is 5.11 Å². The van der Waals surface area contributed by atoms with Crippen LogP contribution >= 0.6 is 12.3 Å². The second kappa shape index (κ2) is 8.15. The van der Waals surface area contributed by atoms with Gasteiger partial charge in [0.25, 0.3) is 0 Å². The first-order valence-electron chi connectivity index (χ1n) is 3.96. The van der Waals surface area contributed by atoms with E-state index in [-0.39, 0.29) is 12.1 Å². The first kappa shape index (κ1) is 12.5. The number of hydrogen-bond donors (Lipinski definition) is 0. The predicted molar refractivity (Wildman–Crippen MR) is 47.1 cm³/mol. The van der Waals surface area contributed by atoms with E-state index >= 15 is 0 Å². The molecule has 0 aromatic rings. The lowest BCUT2D eigenvalue weighted by atomic mass is 10.1. The van der Waals surface area contributed by atoms with E-state index < -0.39 is 0 Å². The zero-order valence-corrected chi connectivity index (χ0v) is 8.36. The van der Waals surface area contributed by atoms with Gasteiger partial charge in [0.05, 0.1) is 12.1 Å². The van der Waals surface area contributed by atoms with Crippen LogP contribution in [0.4, 0.5) is 0 Å². The van der Waals surface area contributed by atoms with E-state index in [0.29, 0.717) is 25.2 Å². The SMILES string of the molecule is CC[C@H](N=[N+]=[N-])[C@@H](CC)OSO[O-]. The minimum atomic E-state index is -0.278. The van der Waals surface area contributed by atoms with Crippen LogP contribution in [0, 0.1) is 0 Å². The second-order valence-corrected chi connectivity index (χ2v) is 2.82. The summed E-state index contributed by atoms with van der Waals surface area (Å²) in [6.07, 6.45) is 1.05. The lowest BCUT2D eigenvalue weighted by Gasteiger charge is -2.20. The number of nitrogens with zero attached hydrogens (tertiary/aromatic N) is 3. The Labute approximate surface area is 81.2 Å². The first-order chi connectivity index (χ1) is 6.29. The molecule has 2 atom stereocenters. The van der Waals surface area contributed by atoms with Crippen LogP contribution in [0.2, 0.25) is 0 Å². The Bertz CT molecular complexity index is 175. The zero-order valence-electron chi connectivity index (χ0n) is 7.54. The van der Waals surface area contributed by atoms with Gasteiger partial charge in [-0.2, -0.15) is 0 Å². The van der Waals surface area contributed by atoms with Crippen molar-refractivity contribution in [1.82, 2.24) is 0 Å². The fraction of sp³-hybridized carbons (Fsp3) is 1.00. The van der Waals surface area contributed by atoms with Crippen LogP contribution in [0.5, 0.6) is 0 Å². The Morgan fingerprint density at radius 1 is 1.54 bits per heavy atom. The highest BCUT2D eigenvalue weighted by Gasteiger charge is 2.17. The van der Waals surface area contributed by atoms with Crippen molar-refractivity contribution in [3.05, 3.63) is 10.4 Å². The van der Waals surface area contributed by atoms with Crippen molar-refractivity contribution in [1.29, 1.82) is 0 Å². The zero-order chi connectivity index (χ0) is 10.1. The highest BCUT2D eigenvalue weighted by atomic mass is 32.2. The Balaban J connectivity index is 4.07. The van der Waals surface area contributed by atoms with Crippen LogP contribution in [-0.2, 0) is 8.52 Å². The van der Waals surface area contributed by atoms with E-state index in [1.165, 1.54) is 0 Å². The maximum Gasteiger partial charge on any atom is 0.148 e. The van der Waals surface area contributed by atoms with Gasteiger partial charge in [0.2, 0.25) is 0 Å². The average molecular weight is 206 g/mol. The fourth-order valence-corrected chi connectivity index (χ4v) is 1.35. The minimum absolute atomic E-state index is 0.252. The van der Waals surface area contributed by atoms with Crippen molar-refractivity contribution < 1.29 is 13.8 Å². The Kier molecular flexibility index (Phi) is 7.86. The molecule has 0 fully saturated rings. The summed E-state index contributed by atoms with van der Waals surface area (Å²) >= 11 is 0.371. The topological polar surface area (TPSA) is 90.3 Å². The van der Waals surface area contributed by atoms with E-state index in [0.717, 1.165) is 0 Å². The van der Waals surface area contributed by atoms with Gasteiger partial charge in [-0.15, -0.1) is 0 Å². The van der Waals surface area contributed by atoms with Crippen LogP contribution in [0.15, 0.2) is 5.11 Å². The molecule has 76 valence electrons. The van der Waals surface area contributed by atoms with Crippen molar-refractivity contribution >= 4 is 12.3 Å². The van der Waals surface area contributed by atoms with Gasteiger partial charge in [0, 0.05) is 4.91 Å². The maximum atomic E-state index is 9.65. The molecule has 0 aromatic carbocycles. The van der Waals surface area contributed by atoms with Gasteiger partial charge in [-0.05, 0) is 18.4 Å². The second-order valence-electron chi connectivity index (χ2n) is 2.36. The molecule has 6 nitrogen and oxygen atoms in total. The van der Waals surface area contributed by atoms with E-state index in [1.807, 2.05) is 13.8 Å². The van der Waals surface area contributed by atoms with Crippen LogP contribution < -0.4 is 5.26 Å². The highest BCUT2D eigenvalue weighted by molar-refractivity contribution is 7.89. The van der Waals surface area contributed by atoms with Crippen LogP contribution in [0.1, 0.15) is 26.7 Å². The molecule has 0 heterocycles. The molecule has 0 bridgehead atoms. The Morgan fingerprint density at radius 3 is 2.62 bits per heavy atom. The van der Waals surface area contributed by atoms with Crippen molar-refractivity contribution in [3.63, 3.8) is 0 Å². The summed E-state index contributed by atoms with van der Waals surface area (Å²) in [4.78, 5) is 2.70. The van der Waals surface area contributed by atoms with Gasteiger partial charge < -0.3 is 9.59 Å². The summed E-state index contributed by atoms with van der Waals surface area (Å²) in [7, 11) is 0. The van der Waals surface area contributed by atoms with Crippen molar-refractivity contribution in [2.75, 3.05) is 0 Å². The van der Waals surface area contributed by atoms with E-state index in [2.05, 4.69) is 14.4 Å². The van der Waals surface area contributed by atoms with E-state index in [4.69, 9.17) is 9.71 Å². The molecular weight excluding hydrogens is 194 g/mol. The smallest absolute Gasteiger partial charge is 0.148 e. The van der Waals surface area contributed by atoms with Gasteiger partial charge in [0.1, 0.15) is 12.3 Å². The summed E-state index contributed by atoms with van der Waals surface area (Å²) in [5, 5.41) is 13.2. The molecule has 13 heavy (non-hydrogen) atoms. The van der Waals surface area contributed by atoms with Crippen LogP contribution in [-0.4, -0.2) is 12.1 Å². The molecule has 7 heteroatoms. The van der Waals surface area contributed by atoms with Gasteiger partial charge >= 0.3 is 0 Å². The van der Waals surface area contributed by atoms with E-state index in [9.17, 15) is 5.26 Å². The normalized spacial score (nSPS) is 14.7. The first-order valence-corrected chi connectivity index (χ1v) is 4.62. The van der Waals surface area contributed by atoms with Gasteiger partial charge in [-0.1, -0.05) is 19.0 Å². The Hall–Kier alpha value is -0.460. The molecule has 0 rings (SSSR count). The summed E-state index contributed by atoms with van der Waals surface area (Å²) < 4.78 is 8.42. The third-order valence-corrected chi connectivity index (χ3v) is 2.02. The third-order valence-electron chi connectivity index (χ3n) is 1.64. The minimum Gasteiger partial charge on any atom is -0.709 e. The van der Waals surface area contributed by atoms with Gasteiger partial charge in [-0.3, -0.25) is 4.18 Å². The molecule has 0 radical (unpaired) electrons. The number of hydrogen-bond acceptors (Lipinski definition) is 5. The maximum absolute atomic E-state index is 9.65. The molecule has 0 spiro atoms. The summed E-state index contributed by atoms with van der Waals surface area (Å²) in [6.45, 7) is 3.76. The average Bonchev–Trinajstić information content (AvgIpc) is 2.17. The fourth-order valence-electron chi connectivity index (χ4n) is 0.956. The molecule has 0 aliphatic heterocycles. The highest BCUT2D eigenvalue weighted by Crippen LogP contribution is 2.17. The number of rotatable bonds is 7. The lowest BCUT2D eigenvalue weighted by Crippen LogP contribution is -2.24. The van der Waals surface area contributed by atoms with Crippen LogP contribution in [0.25, 0.3) is 10.4 Å². The molecule has 0 amide bonds. The Morgan fingerprint density at radius 2 is 2.23 bits per heavy atom. The monoisotopic (exact) mass is 206 g/mol. The predicted octanol–water partition coefficient (Wildman–Crippen LogP) is 1.73. The summed E-state index contributed by atoms with van der Waals surface area (Å²) in [5.41, 5.74) is 8.24. The largest absolute Gasteiger partial charge is 0.709 e. The third kappa shape index (κ3) is 4.97. The summed E-state index contributed by atoms with van der Waals surface area (Å²) in [5.74, 6) is 0. The molecule has 0 N–H and O–H groups in total. The van der Waals surface area contributed by atoms with Crippen LogP contribution in [0.3, 0.4) is 0 Å². The molecule has 0 aliphatic carbocycles. The van der Waals surface area contributed by atoms with Crippen molar-refractivity contribution in [2.45, 2.75) is 38.8 Å². The molecule has 0 saturated heterocycles. The molecule has 0 aliphatic rings. The standard InChI is InChI=1S/C6H13N3O3S/c1-3-5(8-9-7)6(4-2)11-13-12-10/h5-6,10H,3-4H2,1-2H3/p-1/t5-,6+/m0/s1. The van der Waals surface area contributed by atoms with Crippen molar-refractivity contribution in [3.8, 4) is 0 Å². The lowest BCUT2D eigenvalue weighted by molar-refractivity contribution is -0.632. The van der Waals surface area contributed by atoms with Gasteiger partial charge in [0.15, 0.2) is 0 Å². The molecule has 0 unspecified atom stereocenters. The molecule has 0 saturated carbocycles.